The second-order valence-electron chi connectivity index (χ2n) is 5.17. The summed E-state index contributed by atoms with van der Waals surface area (Å²) in [5.41, 5.74) is 4.44. The van der Waals surface area contributed by atoms with E-state index < -0.39 is 19.1 Å². The van der Waals surface area contributed by atoms with Crippen molar-refractivity contribution in [2.45, 2.75) is 19.3 Å². The van der Waals surface area contributed by atoms with Crippen molar-refractivity contribution in [2.75, 3.05) is 19.8 Å². The fourth-order valence-corrected chi connectivity index (χ4v) is 2.68. The van der Waals surface area contributed by atoms with Gasteiger partial charge < -0.3 is 15.3 Å². The van der Waals surface area contributed by atoms with Crippen molar-refractivity contribution >= 4 is 28.9 Å². The Balaban J connectivity index is 2.23. The summed E-state index contributed by atoms with van der Waals surface area (Å²) in [4.78, 5) is 0. The number of aliphatic hydroxyl groups excluding tert-OH is 1. The Hall–Kier alpha value is -1.11. The average Bonchev–Trinajstić information content (AvgIpc) is 2.46. The van der Waals surface area contributed by atoms with Gasteiger partial charge in [0.05, 0.1) is 15.8 Å². The Labute approximate surface area is 137 Å². The lowest BCUT2D eigenvalue weighted by molar-refractivity contribution is -0.0800. The molecule has 2 N–H and O–H groups in total. The molecule has 0 amide bonds. The van der Waals surface area contributed by atoms with Crippen molar-refractivity contribution in [1.82, 2.24) is 5.43 Å². The number of benzene rings is 1. The minimum Gasteiger partial charge on any atom is -0.484 e. The van der Waals surface area contributed by atoms with Gasteiger partial charge in [0.1, 0.15) is 6.61 Å². The maximum atomic E-state index is 13.0. The zero-order valence-electron chi connectivity index (χ0n) is 11.9. The van der Waals surface area contributed by atoms with Crippen molar-refractivity contribution in [3.05, 3.63) is 27.7 Å². The van der Waals surface area contributed by atoms with Gasteiger partial charge in [-0.25, -0.2) is 8.78 Å². The highest BCUT2D eigenvalue weighted by Gasteiger charge is 2.30. The second-order valence-corrected chi connectivity index (χ2v) is 5.98. The van der Waals surface area contributed by atoms with Gasteiger partial charge in [-0.3, -0.25) is 0 Å². The number of hydrazone groups is 1. The van der Waals surface area contributed by atoms with Crippen molar-refractivity contribution in [3.63, 3.8) is 0 Å². The van der Waals surface area contributed by atoms with Crippen LogP contribution < -0.4 is 10.2 Å². The van der Waals surface area contributed by atoms with Crippen LogP contribution in [-0.4, -0.2) is 36.5 Å². The van der Waals surface area contributed by atoms with Gasteiger partial charge in [-0.1, -0.05) is 30.1 Å². The molecule has 1 aliphatic rings. The molecule has 4 nitrogen and oxygen atoms in total. The van der Waals surface area contributed by atoms with Crippen LogP contribution in [0.2, 0.25) is 10.0 Å². The van der Waals surface area contributed by atoms with Gasteiger partial charge in [0, 0.05) is 18.0 Å². The van der Waals surface area contributed by atoms with Gasteiger partial charge in [-0.2, -0.15) is 5.10 Å². The molecule has 1 unspecified atom stereocenters. The van der Waals surface area contributed by atoms with E-state index in [2.05, 4.69) is 10.5 Å². The number of nitrogens with zero attached hydrogens (tertiary/aromatic N) is 1. The van der Waals surface area contributed by atoms with E-state index in [1.807, 2.05) is 6.92 Å². The molecule has 2 rings (SSSR count). The quantitative estimate of drug-likeness (QED) is 0.854. The Morgan fingerprint density at radius 3 is 2.59 bits per heavy atom. The summed E-state index contributed by atoms with van der Waals surface area (Å²) in [5.74, 6) is -3.15. The number of hydrogen-bond acceptors (Lipinski definition) is 4. The summed E-state index contributed by atoms with van der Waals surface area (Å²) in [7, 11) is 0. The summed E-state index contributed by atoms with van der Waals surface area (Å²) in [6.45, 7) is 0.527. The number of alkyl halides is 2. The van der Waals surface area contributed by atoms with Crippen LogP contribution in [0, 0.1) is 5.92 Å². The number of ether oxygens (including phenoxy) is 1. The third kappa shape index (κ3) is 4.00. The summed E-state index contributed by atoms with van der Waals surface area (Å²) >= 11 is 12.2. The molecule has 0 bridgehead atoms. The number of nitrogens with one attached hydrogen (secondary N) is 1. The van der Waals surface area contributed by atoms with Gasteiger partial charge in [0.2, 0.25) is 0 Å². The van der Waals surface area contributed by atoms with Crippen LogP contribution >= 0.6 is 23.2 Å². The van der Waals surface area contributed by atoms with E-state index in [1.54, 1.807) is 12.1 Å². The average molecular weight is 353 g/mol. The molecule has 22 heavy (non-hydrogen) atoms. The number of rotatable bonds is 5. The third-order valence-corrected chi connectivity index (χ3v) is 3.87. The maximum Gasteiger partial charge on any atom is 0.303 e. The topological polar surface area (TPSA) is 53.9 Å². The molecule has 0 spiro atoms. The lowest BCUT2D eigenvalue weighted by atomic mass is 9.94. The van der Waals surface area contributed by atoms with Crippen molar-refractivity contribution in [1.29, 1.82) is 0 Å². The van der Waals surface area contributed by atoms with Gasteiger partial charge in [0.25, 0.3) is 0 Å². The van der Waals surface area contributed by atoms with Crippen LogP contribution in [0.1, 0.15) is 18.9 Å². The fraction of sp³-hybridized carbons (Fsp3) is 0.500. The molecule has 1 aromatic rings. The van der Waals surface area contributed by atoms with Crippen LogP contribution in [0.25, 0.3) is 0 Å². The first kappa shape index (κ1) is 17.2. The molecule has 122 valence electrons. The smallest absolute Gasteiger partial charge is 0.303 e. The van der Waals surface area contributed by atoms with Crippen molar-refractivity contribution < 1.29 is 18.6 Å². The SMILES string of the molecule is CC1CCNN=C1c1cc(Cl)c(OCC(F)(F)CO)c(Cl)c1. The zero-order valence-corrected chi connectivity index (χ0v) is 13.4. The molecule has 0 aromatic heterocycles. The normalized spacial score (nSPS) is 18.6. The number of halogens is 4. The molecule has 1 heterocycles. The maximum absolute atomic E-state index is 13.0. The van der Waals surface area contributed by atoms with Crippen LogP contribution in [-0.2, 0) is 0 Å². The largest absolute Gasteiger partial charge is 0.484 e. The highest BCUT2D eigenvalue weighted by Crippen LogP contribution is 2.36. The van der Waals surface area contributed by atoms with E-state index in [-0.39, 0.29) is 21.7 Å². The molecular weight excluding hydrogens is 337 g/mol. The zero-order chi connectivity index (χ0) is 16.3. The standard InChI is InChI=1S/C14H16Cl2F2N2O2/c1-8-2-3-19-20-12(8)9-4-10(15)13(11(16)5-9)22-7-14(17,18)6-21/h4-5,8,19,21H,2-3,6-7H2,1H3. The molecule has 1 aliphatic heterocycles. The van der Waals surface area contributed by atoms with Crippen LogP contribution in [0.4, 0.5) is 8.78 Å². The third-order valence-electron chi connectivity index (χ3n) is 3.31. The van der Waals surface area contributed by atoms with Crippen molar-refractivity contribution in [3.8, 4) is 5.75 Å². The molecule has 0 aliphatic carbocycles. The second kappa shape index (κ2) is 6.98. The van der Waals surface area contributed by atoms with Gasteiger partial charge in [0.15, 0.2) is 12.4 Å². The molecule has 0 fully saturated rings. The first-order valence-corrected chi connectivity index (χ1v) is 7.51. The summed E-state index contributed by atoms with van der Waals surface area (Å²) in [6, 6.07) is 3.17. The highest BCUT2D eigenvalue weighted by molar-refractivity contribution is 6.37. The Morgan fingerprint density at radius 1 is 1.41 bits per heavy atom. The Kier molecular flexibility index (Phi) is 5.47. The minimum atomic E-state index is -3.35. The van der Waals surface area contributed by atoms with Gasteiger partial charge >= 0.3 is 5.92 Å². The van der Waals surface area contributed by atoms with Crippen molar-refractivity contribution in [2.24, 2.45) is 11.0 Å². The van der Waals surface area contributed by atoms with E-state index in [9.17, 15) is 8.78 Å². The van der Waals surface area contributed by atoms with E-state index in [4.69, 9.17) is 33.0 Å². The van der Waals surface area contributed by atoms with Crippen LogP contribution in [0.5, 0.6) is 5.75 Å². The van der Waals surface area contributed by atoms with Gasteiger partial charge in [-0.15, -0.1) is 0 Å². The van der Waals surface area contributed by atoms with Crippen LogP contribution in [0.15, 0.2) is 17.2 Å². The predicted octanol–water partition coefficient (Wildman–Crippen LogP) is 3.33. The molecule has 1 atom stereocenters. The molecule has 0 saturated heterocycles. The molecule has 0 radical (unpaired) electrons. The van der Waals surface area contributed by atoms with E-state index in [1.165, 1.54) is 0 Å². The molecule has 0 saturated carbocycles. The fourth-order valence-electron chi connectivity index (χ4n) is 2.09. The summed E-state index contributed by atoms with van der Waals surface area (Å²) in [6.07, 6.45) is 0.926. The number of aliphatic hydroxyl groups is 1. The Bertz CT molecular complexity index is 559. The lowest BCUT2D eigenvalue weighted by Gasteiger charge is -2.21. The summed E-state index contributed by atoms with van der Waals surface area (Å²) in [5, 5.41) is 13.0. The Morgan fingerprint density at radius 2 is 2.05 bits per heavy atom. The molecular formula is C14H16Cl2F2N2O2. The van der Waals surface area contributed by atoms with E-state index >= 15 is 0 Å². The molecule has 8 heteroatoms. The lowest BCUT2D eigenvalue weighted by Crippen LogP contribution is -2.30. The van der Waals surface area contributed by atoms with Gasteiger partial charge in [-0.05, 0) is 18.6 Å². The predicted molar refractivity (Wildman–Crippen MR) is 82.3 cm³/mol. The summed E-state index contributed by atoms with van der Waals surface area (Å²) < 4.78 is 31.0. The van der Waals surface area contributed by atoms with E-state index in [0.29, 0.717) is 0 Å². The highest BCUT2D eigenvalue weighted by atomic mass is 35.5. The van der Waals surface area contributed by atoms with Crippen LogP contribution in [0.3, 0.4) is 0 Å². The minimum absolute atomic E-state index is 0.0303. The first-order chi connectivity index (χ1) is 10.3. The van der Waals surface area contributed by atoms with E-state index in [0.717, 1.165) is 24.2 Å². The first-order valence-electron chi connectivity index (χ1n) is 6.75. The monoisotopic (exact) mass is 352 g/mol. The molecule has 1 aromatic carbocycles. The number of hydrogen-bond donors (Lipinski definition) is 2.